The van der Waals surface area contributed by atoms with Crippen molar-refractivity contribution >= 4 is 34.9 Å². The lowest BCUT2D eigenvalue weighted by atomic mass is 10.1. The number of carbonyl (C=O) groups excluding carboxylic acids is 2. The average Bonchev–Trinajstić information content (AvgIpc) is 2.63. The first-order chi connectivity index (χ1) is 12.9. The van der Waals surface area contributed by atoms with Gasteiger partial charge in [-0.25, -0.2) is 4.79 Å². The smallest absolute Gasteiger partial charge is 0.321 e. The molecule has 6 nitrogen and oxygen atoms in total. The molecule has 1 saturated heterocycles. The number of nitrogens with zero attached hydrogens (tertiary/aromatic N) is 2. The lowest BCUT2D eigenvalue weighted by Crippen LogP contribution is -2.47. The topological polar surface area (TPSA) is 64.7 Å². The van der Waals surface area contributed by atoms with Gasteiger partial charge in [-0.3, -0.25) is 4.79 Å². The molecule has 0 aliphatic carbocycles. The average molecular weight is 387 g/mol. The lowest BCUT2D eigenvalue weighted by Gasteiger charge is -2.29. The minimum atomic E-state index is -0.209. The van der Waals surface area contributed by atoms with Crippen LogP contribution in [-0.4, -0.2) is 43.5 Å². The van der Waals surface area contributed by atoms with Gasteiger partial charge in [-0.05, 0) is 36.2 Å². The predicted molar refractivity (Wildman–Crippen MR) is 108 cm³/mol. The molecule has 1 aliphatic rings. The molecule has 1 fully saturated rings. The van der Waals surface area contributed by atoms with Crippen molar-refractivity contribution in [2.24, 2.45) is 0 Å². The maximum Gasteiger partial charge on any atom is 0.321 e. The highest BCUT2D eigenvalue weighted by Crippen LogP contribution is 2.29. The van der Waals surface area contributed by atoms with E-state index in [2.05, 4.69) is 10.6 Å². The van der Waals surface area contributed by atoms with E-state index in [-0.39, 0.29) is 18.5 Å². The monoisotopic (exact) mass is 386 g/mol. The van der Waals surface area contributed by atoms with Gasteiger partial charge in [0.25, 0.3) is 0 Å². The molecule has 2 aromatic carbocycles. The van der Waals surface area contributed by atoms with E-state index >= 15 is 0 Å². The van der Waals surface area contributed by atoms with Gasteiger partial charge in [-0.15, -0.1) is 0 Å². The Bertz CT molecular complexity index is 856. The molecule has 2 aromatic rings. The van der Waals surface area contributed by atoms with Crippen molar-refractivity contribution in [3.63, 3.8) is 0 Å². The number of nitrogens with one attached hydrogen (secondary N) is 2. The molecular formula is C20H23ClN4O2. The van der Waals surface area contributed by atoms with Gasteiger partial charge in [-0.2, -0.15) is 0 Å². The molecule has 142 valence electrons. The first-order valence-electron chi connectivity index (χ1n) is 8.82. The Morgan fingerprint density at radius 3 is 2.78 bits per heavy atom. The number of rotatable bonds is 4. The van der Waals surface area contributed by atoms with Gasteiger partial charge in [0.1, 0.15) is 0 Å². The normalized spacial score (nSPS) is 13.9. The minimum Gasteiger partial charge on any atom is -0.359 e. The van der Waals surface area contributed by atoms with Gasteiger partial charge < -0.3 is 20.4 Å². The van der Waals surface area contributed by atoms with Crippen LogP contribution >= 0.6 is 11.6 Å². The number of aryl methyl sites for hydroxylation is 1. The summed E-state index contributed by atoms with van der Waals surface area (Å²) in [5.41, 5.74) is 3.66. The van der Waals surface area contributed by atoms with E-state index in [9.17, 15) is 9.59 Å². The second kappa shape index (κ2) is 8.31. The summed E-state index contributed by atoms with van der Waals surface area (Å²) >= 11 is 6.39. The molecule has 0 radical (unpaired) electrons. The molecule has 27 heavy (non-hydrogen) atoms. The molecule has 0 atom stereocenters. The Kier molecular flexibility index (Phi) is 5.86. The van der Waals surface area contributed by atoms with Gasteiger partial charge in [0, 0.05) is 32.4 Å². The SMILES string of the molecule is Cc1ccccc1CN(C)C(=O)Nc1ccc(N2CCNC(=O)C2)c(Cl)c1. The highest BCUT2D eigenvalue weighted by atomic mass is 35.5. The maximum absolute atomic E-state index is 12.5. The van der Waals surface area contributed by atoms with Crippen LogP contribution in [-0.2, 0) is 11.3 Å². The quantitative estimate of drug-likeness (QED) is 0.847. The second-order valence-electron chi connectivity index (χ2n) is 6.65. The summed E-state index contributed by atoms with van der Waals surface area (Å²) in [5.74, 6) is -0.0208. The number of piperazine rings is 1. The van der Waals surface area contributed by atoms with Gasteiger partial charge in [0.05, 0.1) is 17.3 Å². The van der Waals surface area contributed by atoms with Gasteiger partial charge in [0.2, 0.25) is 5.91 Å². The molecular weight excluding hydrogens is 364 g/mol. The number of halogens is 1. The molecule has 3 amide bonds. The van der Waals surface area contributed by atoms with Crippen molar-refractivity contribution in [3.05, 3.63) is 58.6 Å². The number of benzene rings is 2. The van der Waals surface area contributed by atoms with Crippen molar-refractivity contribution in [3.8, 4) is 0 Å². The third-order valence-electron chi connectivity index (χ3n) is 4.59. The number of anilines is 2. The fourth-order valence-electron chi connectivity index (χ4n) is 3.02. The largest absolute Gasteiger partial charge is 0.359 e. The fourth-order valence-corrected chi connectivity index (χ4v) is 3.32. The number of hydrogen-bond donors (Lipinski definition) is 2. The van der Waals surface area contributed by atoms with E-state index in [0.717, 1.165) is 16.8 Å². The summed E-state index contributed by atoms with van der Waals surface area (Å²) in [6.45, 7) is 4.13. The summed E-state index contributed by atoms with van der Waals surface area (Å²) in [7, 11) is 1.75. The molecule has 3 rings (SSSR count). The first-order valence-corrected chi connectivity index (χ1v) is 9.19. The standard InChI is InChI=1S/C20H23ClN4O2/c1-14-5-3-4-6-15(14)12-24(2)20(27)23-16-7-8-18(17(21)11-16)25-10-9-22-19(26)13-25/h3-8,11H,9-10,12-13H2,1-2H3,(H,22,26)(H,23,27). The van der Waals surface area contributed by atoms with Crippen LogP contribution in [0.3, 0.4) is 0 Å². The molecule has 0 aromatic heterocycles. The van der Waals surface area contributed by atoms with Crippen LogP contribution in [0.15, 0.2) is 42.5 Å². The molecule has 7 heteroatoms. The number of amides is 3. The van der Waals surface area contributed by atoms with Crippen LogP contribution in [0.2, 0.25) is 5.02 Å². The van der Waals surface area contributed by atoms with Crippen molar-refractivity contribution in [1.82, 2.24) is 10.2 Å². The maximum atomic E-state index is 12.5. The summed E-state index contributed by atoms with van der Waals surface area (Å²) in [5, 5.41) is 6.16. The van der Waals surface area contributed by atoms with E-state index in [1.165, 1.54) is 0 Å². The summed E-state index contributed by atoms with van der Waals surface area (Å²) in [4.78, 5) is 27.6. The van der Waals surface area contributed by atoms with Crippen molar-refractivity contribution < 1.29 is 9.59 Å². The summed E-state index contributed by atoms with van der Waals surface area (Å²) in [6.07, 6.45) is 0. The zero-order valence-electron chi connectivity index (χ0n) is 15.5. The Balaban J connectivity index is 1.65. The van der Waals surface area contributed by atoms with Crippen LogP contribution in [0.5, 0.6) is 0 Å². The van der Waals surface area contributed by atoms with E-state index in [1.54, 1.807) is 24.1 Å². The van der Waals surface area contributed by atoms with Crippen LogP contribution < -0.4 is 15.5 Å². The van der Waals surface area contributed by atoms with E-state index < -0.39 is 0 Å². The predicted octanol–water partition coefficient (Wildman–Crippen LogP) is 3.25. The molecule has 0 unspecified atom stereocenters. The summed E-state index contributed by atoms with van der Waals surface area (Å²) in [6, 6.07) is 13.1. The van der Waals surface area contributed by atoms with E-state index in [4.69, 9.17) is 11.6 Å². The Morgan fingerprint density at radius 2 is 2.07 bits per heavy atom. The van der Waals surface area contributed by atoms with Crippen LogP contribution in [0.4, 0.5) is 16.2 Å². The zero-order chi connectivity index (χ0) is 19.4. The third-order valence-corrected chi connectivity index (χ3v) is 4.90. The van der Waals surface area contributed by atoms with Crippen molar-refractivity contribution in [2.45, 2.75) is 13.5 Å². The van der Waals surface area contributed by atoms with Crippen LogP contribution in [0.1, 0.15) is 11.1 Å². The highest BCUT2D eigenvalue weighted by molar-refractivity contribution is 6.33. The molecule has 0 saturated carbocycles. The van der Waals surface area contributed by atoms with Crippen molar-refractivity contribution in [2.75, 3.05) is 36.9 Å². The molecule has 1 heterocycles. The van der Waals surface area contributed by atoms with Crippen LogP contribution in [0, 0.1) is 6.92 Å². The molecule has 1 aliphatic heterocycles. The number of carbonyl (C=O) groups is 2. The third kappa shape index (κ3) is 4.71. The summed E-state index contributed by atoms with van der Waals surface area (Å²) < 4.78 is 0. The highest BCUT2D eigenvalue weighted by Gasteiger charge is 2.19. The molecule has 2 N–H and O–H groups in total. The zero-order valence-corrected chi connectivity index (χ0v) is 16.2. The Hall–Kier alpha value is -2.73. The Labute approximate surface area is 164 Å². The van der Waals surface area contributed by atoms with Crippen molar-refractivity contribution in [1.29, 1.82) is 0 Å². The van der Waals surface area contributed by atoms with Gasteiger partial charge >= 0.3 is 6.03 Å². The fraction of sp³-hybridized carbons (Fsp3) is 0.300. The van der Waals surface area contributed by atoms with Gasteiger partial charge in [-0.1, -0.05) is 35.9 Å². The minimum absolute atomic E-state index is 0.0208. The molecule has 0 spiro atoms. The van der Waals surface area contributed by atoms with E-state index in [1.807, 2.05) is 42.2 Å². The molecule has 0 bridgehead atoms. The Morgan fingerprint density at radius 1 is 1.30 bits per heavy atom. The second-order valence-corrected chi connectivity index (χ2v) is 7.06. The first kappa shape index (κ1) is 19.0. The van der Waals surface area contributed by atoms with Gasteiger partial charge in [0.15, 0.2) is 0 Å². The van der Waals surface area contributed by atoms with Crippen LogP contribution in [0.25, 0.3) is 0 Å². The lowest BCUT2D eigenvalue weighted by molar-refractivity contribution is -0.120. The van der Waals surface area contributed by atoms with E-state index in [0.29, 0.717) is 30.3 Å². The number of urea groups is 1. The number of hydrogen-bond acceptors (Lipinski definition) is 3.